The Kier molecular flexibility index (Phi) is 5.94. The third-order valence-electron chi connectivity index (χ3n) is 2.19. The number of nitrogens with one attached hydrogen (secondary N) is 2. The Hall–Kier alpha value is -1.81. The Morgan fingerprint density at radius 1 is 1.28 bits per heavy atom. The second-order valence-corrected chi connectivity index (χ2v) is 4.09. The van der Waals surface area contributed by atoms with Gasteiger partial charge < -0.3 is 10.6 Å². The van der Waals surface area contributed by atoms with Crippen LogP contribution in [-0.4, -0.2) is 24.9 Å². The van der Waals surface area contributed by atoms with Gasteiger partial charge in [-0.1, -0.05) is 30.3 Å². The molecule has 0 bridgehead atoms. The fourth-order valence-corrected chi connectivity index (χ4v) is 1.57. The number of hydrogen-bond donors (Lipinski definition) is 2. The maximum absolute atomic E-state index is 11.6. The van der Waals surface area contributed by atoms with Gasteiger partial charge >= 0.3 is 0 Å². The topological polar surface area (TPSA) is 58.2 Å². The van der Waals surface area contributed by atoms with Crippen molar-refractivity contribution in [3.8, 4) is 0 Å². The second kappa shape index (κ2) is 7.50. The predicted octanol–water partition coefficient (Wildman–Crippen LogP) is 1.30. The number of carbonyl (C=O) groups excluding carboxylic acids is 2. The van der Waals surface area contributed by atoms with Crippen LogP contribution in [0.3, 0.4) is 0 Å². The number of rotatable bonds is 6. The molecule has 0 aliphatic rings. The Balaban J connectivity index is 2.26. The zero-order valence-corrected chi connectivity index (χ0v) is 10.7. The minimum atomic E-state index is -0.251. The van der Waals surface area contributed by atoms with Crippen molar-refractivity contribution in [1.82, 2.24) is 10.6 Å². The monoisotopic (exact) mass is 266 g/mol. The largest absolute Gasteiger partial charge is 0.354 e. The summed E-state index contributed by atoms with van der Waals surface area (Å²) < 4.78 is 0. The Morgan fingerprint density at radius 2 is 2.00 bits per heavy atom. The van der Waals surface area contributed by atoms with Crippen molar-refractivity contribution in [2.24, 2.45) is 0 Å². The molecule has 5 heteroatoms. The van der Waals surface area contributed by atoms with Gasteiger partial charge in [-0.2, -0.15) is 0 Å². The van der Waals surface area contributed by atoms with Gasteiger partial charge in [0.25, 0.3) is 0 Å². The van der Waals surface area contributed by atoms with Crippen molar-refractivity contribution >= 4 is 23.4 Å². The van der Waals surface area contributed by atoms with Crippen LogP contribution in [0, 0.1) is 0 Å². The maximum atomic E-state index is 11.6. The lowest BCUT2D eigenvalue weighted by Crippen LogP contribution is -2.34. The summed E-state index contributed by atoms with van der Waals surface area (Å²) in [4.78, 5) is 22.4. The molecule has 1 aromatic rings. The first kappa shape index (κ1) is 14.3. The molecule has 0 atom stereocenters. The fourth-order valence-electron chi connectivity index (χ4n) is 1.35. The highest BCUT2D eigenvalue weighted by molar-refractivity contribution is 6.30. The first-order valence-electron chi connectivity index (χ1n) is 5.53. The molecule has 0 aliphatic heterocycles. The highest BCUT2D eigenvalue weighted by Crippen LogP contribution is 2.10. The van der Waals surface area contributed by atoms with Crippen molar-refractivity contribution in [1.29, 1.82) is 0 Å². The molecule has 0 saturated carbocycles. The molecular weight excluding hydrogens is 252 g/mol. The van der Waals surface area contributed by atoms with Crippen LogP contribution in [0.2, 0.25) is 5.02 Å². The average Bonchev–Trinajstić information content (AvgIpc) is 2.34. The molecule has 1 aromatic carbocycles. The maximum Gasteiger partial charge on any atom is 0.243 e. The van der Waals surface area contributed by atoms with Crippen LogP contribution in [-0.2, 0) is 16.0 Å². The van der Waals surface area contributed by atoms with Crippen LogP contribution in [0.1, 0.15) is 5.56 Å². The van der Waals surface area contributed by atoms with Gasteiger partial charge in [0.15, 0.2) is 0 Å². The van der Waals surface area contributed by atoms with Crippen molar-refractivity contribution in [3.63, 3.8) is 0 Å². The van der Waals surface area contributed by atoms with Crippen LogP contribution < -0.4 is 10.6 Å². The third-order valence-corrected chi connectivity index (χ3v) is 2.42. The van der Waals surface area contributed by atoms with E-state index in [2.05, 4.69) is 17.2 Å². The SMILES string of the molecule is C=CC(=O)NCCNC(=O)Cc1cccc(Cl)c1. The predicted molar refractivity (Wildman–Crippen MR) is 71.4 cm³/mol. The van der Waals surface area contributed by atoms with Gasteiger partial charge in [-0.3, -0.25) is 9.59 Å². The number of halogens is 1. The molecule has 2 amide bonds. The molecule has 0 fully saturated rings. The molecule has 0 aliphatic carbocycles. The van der Waals surface area contributed by atoms with Crippen molar-refractivity contribution in [2.45, 2.75) is 6.42 Å². The molecule has 0 saturated heterocycles. The fraction of sp³-hybridized carbons (Fsp3) is 0.231. The number of amides is 2. The van der Waals surface area contributed by atoms with E-state index in [9.17, 15) is 9.59 Å². The van der Waals surface area contributed by atoms with E-state index in [0.29, 0.717) is 18.1 Å². The Labute approximate surface area is 111 Å². The van der Waals surface area contributed by atoms with E-state index >= 15 is 0 Å². The van der Waals surface area contributed by atoms with E-state index in [4.69, 9.17) is 11.6 Å². The molecule has 0 radical (unpaired) electrons. The van der Waals surface area contributed by atoms with Gasteiger partial charge in [-0.25, -0.2) is 0 Å². The molecule has 0 heterocycles. The van der Waals surface area contributed by atoms with Crippen LogP contribution >= 0.6 is 11.6 Å². The minimum Gasteiger partial charge on any atom is -0.354 e. The van der Waals surface area contributed by atoms with Crippen LogP contribution in [0.15, 0.2) is 36.9 Å². The minimum absolute atomic E-state index is 0.106. The summed E-state index contributed by atoms with van der Waals surface area (Å²) in [6.07, 6.45) is 1.46. The van der Waals surface area contributed by atoms with Crippen molar-refractivity contribution < 1.29 is 9.59 Å². The standard InChI is InChI=1S/C13H15ClN2O2/c1-2-12(17)15-6-7-16-13(18)9-10-4-3-5-11(14)8-10/h2-5,8H,1,6-7,9H2,(H,15,17)(H,16,18). The number of hydrogen-bond acceptors (Lipinski definition) is 2. The first-order chi connectivity index (χ1) is 8.61. The van der Waals surface area contributed by atoms with Gasteiger partial charge in [0.1, 0.15) is 0 Å². The van der Waals surface area contributed by atoms with Crippen LogP contribution in [0.4, 0.5) is 0 Å². The summed E-state index contributed by atoms with van der Waals surface area (Å²) in [5.41, 5.74) is 0.857. The average molecular weight is 267 g/mol. The smallest absolute Gasteiger partial charge is 0.243 e. The molecule has 0 spiro atoms. The molecule has 1 rings (SSSR count). The van der Waals surface area contributed by atoms with E-state index in [1.165, 1.54) is 6.08 Å². The lowest BCUT2D eigenvalue weighted by molar-refractivity contribution is -0.121. The molecule has 96 valence electrons. The first-order valence-corrected chi connectivity index (χ1v) is 5.91. The quantitative estimate of drug-likeness (QED) is 0.602. The summed E-state index contributed by atoms with van der Waals surface area (Å²) >= 11 is 5.82. The van der Waals surface area contributed by atoms with Gasteiger partial charge in [-0.15, -0.1) is 0 Å². The highest BCUT2D eigenvalue weighted by Gasteiger charge is 2.03. The molecule has 0 aromatic heterocycles. The third kappa shape index (κ3) is 5.50. The van der Waals surface area contributed by atoms with Crippen LogP contribution in [0.25, 0.3) is 0 Å². The highest BCUT2D eigenvalue weighted by atomic mass is 35.5. The van der Waals surface area contributed by atoms with Crippen molar-refractivity contribution in [2.75, 3.05) is 13.1 Å². The van der Waals surface area contributed by atoms with Gasteiger partial charge in [0, 0.05) is 18.1 Å². The lowest BCUT2D eigenvalue weighted by Gasteiger charge is -2.06. The summed E-state index contributed by atoms with van der Waals surface area (Å²) in [5.74, 6) is -0.357. The lowest BCUT2D eigenvalue weighted by atomic mass is 10.1. The molecule has 0 unspecified atom stereocenters. The van der Waals surface area contributed by atoms with Gasteiger partial charge in [-0.05, 0) is 23.8 Å². The Morgan fingerprint density at radius 3 is 2.67 bits per heavy atom. The van der Waals surface area contributed by atoms with Crippen molar-refractivity contribution in [3.05, 3.63) is 47.5 Å². The zero-order valence-electron chi connectivity index (χ0n) is 9.91. The molecular formula is C13H15ClN2O2. The Bertz CT molecular complexity index is 446. The summed E-state index contributed by atoms with van der Waals surface area (Å²) in [6, 6.07) is 7.15. The number of carbonyl (C=O) groups is 2. The normalized spacial score (nSPS) is 9.61. The molecule has 18 heavy (non-hydrogen) atoms. The summed E-state index contributed by atoms with van der Waals surface area (Å²) in [7, 11) is 0. The number of benzene rings is 1. The molecule has 4 nitrogen and oxygen atoms in total. The second-order valence-electron chi connectivity index (χ2n) is 3.65. The summed E-state index contributed by atoms with van der Waals surface area (Å²) in [6.45, 7) is 4.10. The van der Waals surface area contributed by atoms with Crippen LogP contribution in [0.5, 0.6) is 0 Å². The van der Waals surface area contributed by atoms with Gasteiger partial charge in [0.05, 0.1) is 6.42 Å². The molecule has 2 N–H and O–H groups in total. The van der Waals surface area contributed by atoms with E-state index in [1.54, 1.807) is 18.2 Å². The van der Waals surface area contributed by atoms with E-state index in [-0.39, 0.29) is 18.2 Å². The summed E-state index contributed by atoms with van der Waals surface area (Å²) in [5, 5.41) is 5.88. The van der Waals surface area contributed by atoms with Gasteiger partial charge in [0.2, 0.25) is 11.8 Å². The van der Waals surface area contributed by atoms with E-state index in [0.717, 1.165) is 5.56 Å². The van der Waals surface area contributed by atoms with E-state index < -0.39 is 0 Å². The van der Waals surface area contributed by atoms with E-state index in [1.807, 2.05) is 6.07 Å². The zero-order chi connectivity index (χ0) is 13.4.